The smallest absolute Gasteiger partial charge is 0.0626 e. The van der Waals surface area contributed by atoms with E-state index in [9.17, 15) is 0 Å². The third-order valence-corrected chi connectivity index (χ3v) is 9.55. The third kappa shape index (κ3) is 3.68. The van der Waals surface area contributed by atoms with Crippen molar-refractivity contribution in [2.24, 2.45) is 0 Å². The minimum Gasteiger partial charge on any atom is -0.337 e. The first-order chi connectivity index (χ1) is 19.8. The summed E-state index contributed by atoms with van der Waals surface area (Å²) < 4.78 is 0. The van der Waals surface area contributed by atoms with Gasteiger partial charge in [-0.25, -0.2) is 0 Å². The molecule has 4 aliphatic carbocycles. The van der Waals surface area contributed by atoms with Crippen LogP contribution in [0.3, 0.4) is 0 Å². The number of nitrogens with zero attached hydrogens (tertiary/aromatic N) is 1. The van der Waals surface area contributed by atoms with Crippen LogP contribution in [-0.4, -0.2) is 6.04 Å². The molecule has 1 aliphatic heterocycles. The molecule has 1 nitrogen and oxygen atoms in total. The van der Waals surface area contributed by atoms with Gasteiger partial charge in [0.1, 0.15) is 0 Å². The van der Waals surface area contributed by atoms with E-state index in [1.807, 2.05) is 0 Å². The van der Waals surface area contributed by atoms with Gasteiger partial charge in [0.25, 0.3) is 0 Å². The van der Waals surface area contributed by atoms with E-state index in [1.54, 1.807) is 0 Å². The molecule has 1 heterocycles. The Morgan fingerprint density at radius 3 is 1.98 bits per heavy atom. The van der Waals surface area contributed by atoms with Crippen molar-refractivity contribution in [2.75, 3.05) is 4.90 Å². The molecular formula is C39H35N. The highest BCUT2D eigenvalue weighted by atomic mass is 15.2. The van der Waals surface area contributed by atoms with Crippen LogP contribution < -0.4 is 15.3 Å². The number of allylic oxidation sites excluding steroid dienone is 10. The van der Waals surface area contributed by atoms with Gasteiger partial charge >= 0.3 is 0 Å². The summed E-state index contributed by atoms with van der Waals surface area (Å²) in [4.78, 5) is 2.61. The molecule has 0 aromatic heterocycles. The number of anilines is 1. The molecule has 5 aliphatic rings. The molecule has 0 N–H and O–H groups in total. The first-order valence-electron chi connectivity index (χ1n) is 15.0. The number of benzene rings is 3. The lowest BCUT2D eigenvalue weighted by atomic mass is 9.82. The van der Waals surface area contributed by atoms with E-state index in [2.05, 4.69) is 121 Å². The molecule has 0 fully saturated rings. The van der Waals surface area contributed by atoms with Crippen LogP contribution in [0.5, 0.6) is 0 Å². The third-order valence-electron chi connectivity index (χ3n) is 9.55. The SMILES string of the molecule is CC1=CC=C(c2c3c(c(C4=CC=C(N5c6ccccc6C6C=CC=CC65)CC4)c4ccccc24)=CCCC=3)CC1. The molecule has 2 atom stereocenters. The Kier molecular flexibility index (Phi) is 5.66. The van der Waals surface area contributed by atoms with E-state index in [1.165, 1.54) is 66.0 Å². The molecule has 2 unspecified atom stereocenters. The Balaban J connectivity index is 1.28. The molecule has 0 amide bonds. The van der Waals surface area contributed by atoms with Gasteiger partial charge in [0.15, 0.2) is 0 Å². The minimum atomic E-state index is 0.376. The zero-order valence-electron chi connectivity index (χ0n) is 23.2. The van der Waals surface area contributed by atoms with E-state index in [4.69, 9.17) is 0 Å². The van der Waals surface area contributed by atoms with Gasteiger partial charge in [-0.2, -0.15) is 0 Å². The molecule has 196 valence electrons. The van der Waals surface area contributed by atoms with Crippen molar-refractivity contribution in [1.29, 1.82) is 0 Å². The van der Waals surface area contributed by atoms with Crippen LogP contribution in [0.1, 0.15) is 68.1 Å². The van der Waals surface area contributed by atoms with Crippen molar-refractivity contribution >= 4 is 39.8 Å². The average molecular weight is 518 g/mol. The fourth-order valence-corrected chi connectivity index (χ4v) is 7.66. The number of hydrogen-bond acceptors (Lipinski definition) is 1. The molecular weight excluding hydrogens is 482 g/mol. The van der Waals surface area contributed by atoms with Crippen molar-refractivity contribution in [3.63, 3.8) is 0 Å². The molecule has 0 saturated carbocycles. The quantitative estimate of drug-likeness (QED) is 0.337. The largest absolute Gasteiger partial charge is 0.337 e. The molecule has 1 heteroatoms. The molecule has 8 rings (SSSR count). The summed E-state index contributed by atoms with van der Waals surface area (Å²) in [5.41, 5.74) is 11.6. The van der Waals surface area contributed by atoms with E-state index >= 15 is 0 Å². The Morgan fingerprint density at radius 2 is 1.30 bits per heavy atom. The van der Waals surface area contributed by atoms with Crippen LogP contribution in [0, 0.1) is 0 Å². The highest BCUT2D eigenvalue weighted by molar-refractivity contribution is 6.02. The van der Waals surface area contributed by atoms with E-state index in [-0.39, 0.29) is 0 Å². The summed E-state index contributed by atoms with van der Waals surface area (Å²) in [6.07, 6.45) is 30.5. The van der Waals surface area contributed by atoms with Gasteiger partial charge in [-0.15, -0.1) is 0 Å². The monoisotopic (exact) mass is 517 g/mol. The summed E-state index contributed by atoms with van der Waals surface area (Å²) in [5.74, 6) is 0.439. The summed E-state index contributed by atoms with van der Waals surface area (Å²) >= 11 is 0. The Morgan fingerprint density at radius 1 is 0.650 bits per heavy atom. The van der Waals surface area contributed by atoms with Crippen LogP contribution in [0.25, 0.3) is 34.1 Å². The van der Waals surface area contributed by atoms with E-state index in [0.717, 1.165) is 38.5 Å². The molecule has 0 saturated heterocycles. The van der Waals surface area contributed by atoms with Crippen molar-refractivity contribution in [3.05, 3.63) is 136 Å². The predicted molar refractivity (Wildman–Crippen MR) is 171 cm³/mol. The van der Waals surface area contributed by atoms with Crippen LogP contribution in [0.4, 0.5) is 5.69 Å². The maximum absolute atomic E-state index is 2.61. The van der Waals surface area contributed by atoms with Crippen molar-refractivity contribution in [1.82, 2.24) is 0 Å². The second-order valence-corrected chi connectivity index (χ2v) is 11.9. The lowest BCUT2D eigenvalue weighted by Crippen LogP contribution is -2.35. The lowest BCUT2D eigenvalue weighted by Gasteiger charge is -2.32. The molecule has 40 heavy (non-hydrogen) atoms. The van der Waals surface area contributed by atoms with Gasteiger partial charge < -0.3 is 4.90 Å². The summed E-state index contributed by atoms with van der Waals surface area (Å²) in [5, 5.41) is 5.74. The van der Waals surface area contributed by atoms with Crippen LogP contribution in [0.15, 0.2) is 108 Å². The van der Waals surface area contributed by atoms with E-state index in [0.29, 0.717) is 12.0 Å². The van der Waals surface area contributed by atoms with Gasteiger partial charge in [0.05, 0.1) is 6.04 Å². The Bertz CT molecular complexity index is 1870. The number of para-hydroxylation sites is 1. The standard InChI is InChI=1S/C39H35N/c1-26-18-20-27(21-19-26)38-32-12-2-4-14-34(32)39(35-15-5-3-13-33(35)38)28-22-24-29(25-23-28)40-36-16-8-6-10-30(36)31-11-7-9-17-37(31)40/h2,4,6-18,20,22,24,30,36H,3,5,19,21,23,25H2,1H3. The topological polar surface area (TPSA) is 3.24 Å². The first-order valence-corrected chi connectivity index (χ1v) is 15.0. The molecule has 3 aromatic carbocycles. The zero-order chi connectivity index (χ0) is 26.6. The fraction of sp³-hybridized carbons (Fsp3) is 0.231. The molecule has 0 radical (unpaired) electrons. The lowest BCUT2D eigenvalue weighted by molar-refractivity contribution is 0.703. The van der Waals surface area contributed by atoms with Crippen molar-refractivity contribution < 1.29 is 0 Å². The number of fused-ring (bicyclic) bond motifs is 5. The van der Waals surface area contributed by atoms with Gasteiger partial charge in [-0.1, -0.05) is 103 Å². The highest BCUT2D eigenvalue weighted by Crippen LogP contribution is 2.47. The van der Waals surface area contributed by atoms with Crippen LogP contribution >= 0.6 is 0 Å². The van der Waals surface area contributed by atoms with Gasteiger partial charge in [-0.3, -0.25) is 0 Å². The molecule has 3 aromatic rings. The Labute approximate surface area is 237 Å². The summed E-state index contributed by atoms with van der Waals surface area (Å²) in [6.45, 7) is 2.25. The predicted octanol–water partition coefficient (Wildman–Crippen LogP) is 8.48. The zero-order valence-corrected chi connectivity index (χ0v) is 23.2. The van der Waals surface area contributed by atoms with Crippen LogP contribution in [-0.2, 0) is 0 Å². The maximum atomic E-state index is 2.61. The summed E-state index contributed by atoms with van der Waals surface area (Å²) in [7, 11) is 0. The normalized spacial score (nSPS) is 22.8. The highest BCUT2D eigenvalue weighted by Gasteiger charge is 2.38. The van der Waals surface area contributed by atoms with E-state index < -0.39 is 0 Å². The number of hydrogen-bond donors (Lipinski definition) is 0. The van der Waals surface area contributed by atoms with Gasteiger partial charge in [0, 0.05) is 17.3 Å². The average Bonchev–Trinajstić information content (AvgIpc) is 3.35. The molecule has 0 bridgehead atoms. The number of rotatable bonds is 3. The second kappa shape index (κ2) is 9.52. The second-order valence-electron chi connectivity index (χ2n) is 11.9. The fourth-order valence-electron chi connectivity index (χ4n) is 7.66. The van der Waals surface area contributed by atoms with Crippen LogP contribution in [0.2, 0.25) is 0 Å². The Hall–Kier alpha value is -4.10. The first kappa shape index (κ1) is 23.8. The van der Waals surface area contributed by atoms with Gasteiger partial charge in [-0.05, 0) is 107 Å². The summed E-state index contributed by atoms with van der Waals surface area (Å²) in [6, 6.07) is 18.5. The van der Waals surface area contributed by atoms with Gasteiger partial charge in [0.2, 0.25) is 0 Å². The van der Waals surface area contributed by atoms with Crippen molar-refractivity contribution in [2.45, 2.75) is 57.4 Å². The van der Waals surface area contributed by atoms with Crippen molar-refractivity contribution in [3.8, 4) is 0 Å². The molecule has 0 spiro atoms. The maximum Gasteiger partial charge on any atom is 0.0626 e. The minimum absolute atomic E-state index is 0.376.